The van der Waals surface area contributed by atoms with E-state index in [-0.39, 0.29) is 17.6 Å². The topological polar surface area (TPSA) is 75.3 Å². The summed E-state index contributed by atoms with van der Waals surface area (Å²) in [6.45, 7) is 1.90. The molecule has 3 N–H and O–H groups in total. The van der Waals surface area contributed by atoms with Gasteiger partial charge >= 0.3 is 0 Å². The summed E-state index contributed by atoms with van der Waals surface area (Å²) in [5, 5.41) is 9.04. The number of aromatic nitrogens is 2. The molecule has 0 amide bonds. The first-order chi connectivity index (χ1) is 7.07. The van der Waals surface area contributed by atoms with Crippen molar-refractivity contribution in [2.24, 2.45) is 5.73 Å². The summed E-state index contributed by atoms with van der Waals surface area (Å²) in [5.41, 5.74) is 6.02. The van der Waals surface area contributed by atoms with Gasteiger partial charge in [-0.25, -0.2) is 9.97 Å². The Bertz CT molecular complexity index is 358. The van der Waals surface area contributed by atoms with Crippen molar-refractivity contribution in [1.82, 2.24) is 9.97 Å². The van der Waals surface area contributed by atoms with Crippen LogP contribution >= 0.6 is 12.2 Å². The van der Waals surface area contributed by atoms with Crippen molar-refractivity contribution < 1.29 is 5.11 Å². The molecule has 0 aromatic carbocycles. The third-order valence-electron chi connectivity index (χ3n) is 2.17. The SMILES string of the molecule is CC(CO)N(C)c1nccnc1C(N)=S. The maximum atomic E-state index is 9.04. The second kappa shape index (κ2) is 4.99. The molecule has 0 aliphatic heterocycles. The molecular weight excluding hydrogens is 212 g/mol. The molecule has 6 heteroatoms. The fourth-order valence-corrected chi connectivity index (χ4v) is 1.24. The number of anilines is 1. The molecule has 1 unspecified atom stereocenters. The van der Waals surface area contributed by atoms with Gasteiger partial charge in [0.05, 0.1) is 12.6 Å². The van der Waals surface area contributed by atoms with Crippen LogP contribution in [0.25, 0.3) is 0 Å². The van der Waals surface area contributed by atoms with Gasteiger partial charge in [0.25, 0.3) is 0 Å². The molecule has 1 atom stereocenters. The molecule has 15 heavy (non-hydrogen) atoms. The van der Waals surface area contributed by atoms with Gasteiger partial charge in [0, 0.05) is 19.4 Å². The van der Waals surface area contributed by atoms with Crippen LogP contribution in [0.15, 0.2) is 12.4 Å². The van der Waals surface area contributed by atoms with Gasteiger partial charge in [-0.05, 0) is 6.92 Å². The summed E-state index contributed by atoms with van der Waals surface area (Å²) in [6.07, 6.45) is 3.10. The predicted molar refractivity (Wildman–Crippen MR) is 62.9 cm³/mol. The first-order valence-corrected chi connectivity index (χ1v) is 4.93. The predicted octanol–water partition coefficient (Wildman–Crippen LogP) is -0.0722. The Morgan fingerprint density at radius 2 is 2.20 bits per heavy atom. The Kier molecular flexibility index (Phi) is 3.93. The van der Waals surface area contributed by atoms with E-state index >= 15 is 0 Å². The number of aliphatic hydroxyl groups is 1. The summed E-state index contributed by atoms with van der Waals surface area (Å²) < 4.78 is 0. The molecule has 0 aliphatic carbocycles. The molecule has 1 rings (SSSR count). The number of aliphatic hydroxyl groups excluding tert-OH is 1. The minimum Gasteiger partial charge on any atom is -0.394 e. The van der Waals surface area contributed by atoms with E-state index in [1.165, 1.54) is 6.20 Å². The van der Waals surface area contributed by atoms with Crippen LogP contribution in [0.2, 0.25) is 0 Å². The highest BCUT2D eigenvalue weighted by atomic mass is 32.1. The van der Waals surface area contributed by atoms with E-state index in [4.69, 9.17) is 23.1 Å². The molecule has 1 aromatic heterocycles. The fourth-order valence-electron chi connectivity index (χ4n) is 1.09. The van der Waals surface area contributed by atoms with Crippen LogP contribution in [0, 0.1) is 0 Å². The quantitative estimate of drug-likeness (QED) is 0.700. The first kappa shape index (κ1) is 11.8. The fraction of sp³-hybridized carbons (Fsp3) is 0.444. The van der Waals surface area contributed by atoms with Crippen molar-refractivity contribution in [2.75, 3.05) is 18.6 Å². The van der Waals surface area contributed by atoms with E-state index in [9.17, 15) is 0 Å². The van der Waals surface area contributed by atoms with Gasteiger partial charge < -0.3 is 15.7 Å². The van der Waals surface area contributed by atoms with E-state index < -0.39 is 0 Å². The number of likely N-dealkylation sites (N-methyl/N-ethyl adjacent to an activating group) is 1. The molecular formula is C9H14N4OS. The maximum absolute atomic E-state index is 9.04. The Morgan fingerprint density at radius 3 is 2.73 bits per heavy atom. The van der Waals surface area contributed by atoms with E-state index in [2.05, 4.69) is 9.97 Å². The molecule has 1 aromatic rings. The molecule has 0 fully saturated rings. The van der Waals surface area contributed by atoms with Crippen molar-refractivity contribution >= 4 is 23.0 Å². The lowest BCUT2D eigenvalue weighted by molar-refractivity contribution is 0.269. The van der Waals surface area contributed by atoms with E-state index in [0.29, 0.717) is 11.5 Å². The normalized spacial score (nSPS) is 12.2. The van der Waals surface area contributed by atoms with Crippen LogP contribution in [0.5, 0.6) is 0 Å². The minimum atomic E-state index is -0.0604. The highest BCUT2D eigenvalue weighted by Crippen LogP contribution is 2.15. The van der Waals surface area contributed by atoms with Crippen LogP contribution < -0.4 is 10.6 Å². The Morgan fingerprint density at radius 1 is 1.60 bits per heavy atom. The van der Waals surface area contributed by atoms with E-state index in [0.717, 1.165) is 0 Å². The van der Waals surface area contributed by atoms with Crippen molar-refractivity contribution in [3.63, 3.8) is 0 Å². The maximum Gasteiger partial charge on any atom is 0.157 e. The monoisotopic (exact) mass is 226 g/mol. The zero-order chi connectivity index (χ0) is 11.4. The number of nitrogens with zero attached hydrogens (tertiary/aromatic N) is 3. The number of rotatable bonds is 4. The Hall–Kier alpha value is -1.27. The van der Waals surface area contributed by atoms with Gasteiger partial charge in [0.1, 0.15) is 10.7 Å². The molecule has 5 nitrogen and oxygen atoms in total. The van der Waals surface area contributed by atoms with E-state index in [1.807, 2.05) is 14.0 Å². The molecule has 0 saturated heterocycles. The van der Waals surface area contributed by atoms with Crippen LogP contribution in [0.3, 0.4) is 0 Å². The van der Waals surface area contributed by atoms with Crippen LogP contribution in [0.1, 0.15) is 12.6 Å². The summed E-state index contributed by atoms with van der Waals surface area (Å²) >= 11 is 4.88. The standard InChI is InChI=1S/C9H14N4OS/c1-6(5-14)13(2)9-7(8(10)15)11-3-4-12-9/h3-4,6,14H,5H2,1-2H3,(H2,10,15). The third-order valence-corrected chi connectivity index (χ3v) is 2.37. The van der Waals surface area contributed by atoms with Gasteiger partial charge in [-0.3, -0.25) is 0 Å². The van der Waals surface area contributed by atoms with E-state index in [1.54, 1.807) is 11.1 Å². The Balaban J connectivity index is 3.07. The van der Waals surface area contributed by atoms with Crippen LogP contribution in [-0.2, 0) is 0 Å². The molecule has 82 valence electrons. The smallest absolute Gasteiger partial charge is 0.157 e. The summed E-state index contributed by atoms with van der Waals surface area (Å²) in [5.74, 6) is 0.589. The molecule has 0 spiro atoms. The lowest BCUT2D eigenvalue weighted by Crippen LogP contribution is -2.34. The third kappa shape index (κ3) is 2.60. The molecule has 0 bridgehead atoms. The van der Waals surface area contributed by atoms with Gasteiger partial charge in [0.15, 0.2) is 5.82 Å². The van der Waals surface area contributed by atoms with Crippen molar-refractivity contribution in [3.05, 3.63) is 18.1 Å². The molecule has 1 heterocycles. The highest BCUT2D eigenvalue weighted by molar-refractivity contribution is 7.80. The molecule has 0 saturated carbocycles. The number of thiocarbonyl (C=S) groups is 1. The van der Waals surface area contributed by atoms with Crippen LogP contribution in [-0.4, -0.2) is 39.8 Å². The van der Waals surface area contributed by atoms with Gasteiger partial charge in [-0.15, -0.1) is 0 Å². The zero-order valence-corrected chi connectivity index (χ0v) is 9.53. The second-order valence-corrected chi connectivity index (χ2v) is 3.68. The Labute approximate surface area is 93.9 Å². The summed E-state index contributed by atoms with van der Waals surface area (Å²) in [4.78, 5) is 10.2. The van der Waals surface area contributed by atoms with Crippen molar-refractivity contribution in [1.29, 1.82) is 0 Å². The van der Waals surface area contributed by atoms with Crippen molar-refractivity contribution in [3.8, 4) is 0 Å². The average molecular weight is 226 g/mol. The average Bonchev–Trinajstić information content (AvgIpc) is 2.27. The second-order valence-electron chi connectivity index (χ2n) is 3.24. The summed E-state index contributed by atoms with van der Waals surface area (Å²) in [6, 6.07) is -0.0604. The number of nitrogens with two attached hydrogens (primary N) is 1. The van der Waals surface area contributed by atoms with Gasteiger partial charge in [-0.1, -0.05) is 12.2 Å². The molecule has 0 radical (unpaired) electrons. The van der Waals surface area contributed by atoms with Crippen LogP contribution in [0.4, 0.5) is 5.82 Å². The lowest BCUT2D eigenvalue weighted by Gasteiger charge is -2.25. The molecule has 0 aliphatic rings. The van der Waals surface area contributed by atoms with Gasteiger partial charge in [-0.2, -0.15) is 0 Å². The zero-order valence-electron chi connectivity index (χ0n) is 8.71. The highest BCUT2D eigenvalue weighted by Gasteiger charge is 2.16. The summed E-state index contributed by atoms with van der Waals surface area (Å²) in [7, 11) is 1.81. The van der Waals surface area contributed by atoms with Gasteiger partial charge in [0.2, 0.25) is 0 Å². The first-order valence-electron chi connectivity index (χ1n) is 4.52. The lowest BCUT2D eigenvalue weighted by atomic mass is 10.3. The largest absolute Gasteiger partial charge is 0.394 e. The minimum absolute atomic E-state index is 0.0316. The number of hydrogen-bond donors (Lipinski definition) is 2. The van der Waals surface area contributed by atoms with Crippen molar-refractivity contribution in [2.45, 2.75) is 13.0 Å². The number of hydrogen-bond acceptors (Lipinski definition) is 5.